The molecular weight excluding hydrogens is 411 g/mol. The molecule has 1 aromatic carbocycles. The van der Waals surface area contributed by atoms with E-state index >= 15 is 0 Å². The molecule has 1 aliphatic rings. The van der Waals surface area contributed by atoms with Crippen molar-refractivity contribution in [2.24, 2.45) is 0 Å². The minimum Gasteiger partial charge on any atom is -0.310 e. The summed E-state index contributed by atoms with van der Waals surface area (Å²) in [7, 11) is 0. The first kappa shape index (κ1) is 20.0. The number of pyridine rings is 1. The van der Waals surface area contributed by atoms with Gasteiger partial charge in [0.05, 0.1) is 24.0 Å². The van der Waals surface area contributed by atoms with Crippen LogP contribution in [-0.4, -0.2) is 20.6 Å². The lowest BCUT2D eigenvalue weighted by Crippen LogP contribution is -2.34. The van der Waals surface area contributed by atoms with Gasteiger partial charge < -0.3 is 5.32 Å². The SMILES string of the molecule is Cc1ccc(F)cc1CNC1CCc2c(sc3ncn(Cc4ccccn4)c(=O)c23)C1. The molecule has 0 spiro atoms. The standard InChI is InChI=1S/C24H23FN4OS/c1-15-5-6-17(25)10-16(15)12-27-18-7-8-20-21(11-18)31-23-22(20)24(30)29(14-28-23)13-19-4-2-3-9-26-19/h2-6,9-10,14,18,27H,7-8,11-13H2,1H3. The number of halogens is 1. The molecule has 5 rings (SSSR count). The molecule has 0 amide bonds. The van der Waals surface area contributed by atoms with Crippen LogP contribution in [0.5, 0.6) is 0 Å². The molecule has 5 nitrogen and oxygen atoms in total. The summed E-state index contributed by atoms with van der Waals surface area (Å²) in [4.78, 5) is 24.1. The third-order valence-electron chi connectivity index (χ3n) is 5.99. The van der Waals surface area contributed by atoms with Crippen molar-refractivity contribution >= 4 is 21.6 Å². The molecule has 4 aromatic rings. The highest BCUT2D eigenvalue weighted by Gasteiger charge is 2.25. The summed E-state index contributed by atoms with van der Waals surface area (Å²) in [5.41, 5.74) is 4.07. The van der Waals surface area contributed by atoms with Crippen molar-refractivity contribution < 1.29 is 4.39 Å². The highest BCUT2D eigenvalue weighted by molar-refractivity contribution is 7.18. The van der Waals surface area contributed by atoms with Gasteiger partial charge in [-0.15, -0.1) is 11.3 Å². The van der Waals surface area contributed by atoms with Gasteiger partial charge in [-0.25, -0.2) is 9.37 Å². The van der Waals surface area contributed by atoms with Gasteiger partial charge in [0.2, 0.25) is 0 Å². The molecule has 3 heterocycles. The Kier molecular flexibility index (Phi) is 5.38. The lowest BCUT2D eigenvalue weighted by atomic mass is 9.93. The third kappa shape index (κ3) is 4.03. The monoisotopic (exact) mass is 434 g/mol. The Labute approximate surface area is 183 Å². The lowest BCUT2D eigenvalue weighted by molar-refractivity contribution is 0.461. The van der Waals surface area contributed by atoms with Crippen LogP contribution < -0.4 is 10.9 Å². The maximum Gasteiger partial charge on any atom is 0.262 e. The first-order chi connectivity index (χ1) is 15.1. The summed E-state index contributed by atoms with van der Waals surface area (Å²) < 4.78 is 15.2. The van der Waals surface area contributed by atoms with E-state index in [1.54, 1.807) is 34.5 Å². The number of benzene rings is 1. The fourth-order valence-corrected chi connectivity index (χ4v) is 5.50. The Morgan fingerprint density at radius 2 is 2.16 bits per heavy atom. The number of thiophene rings is 1. The zero-order valence-electron chi connectivity index (χ0n) is 17.3. The van der Waals surface area contributed by atoms with E-state index in [9.17, 15) is 9.18 Å². The lowest BCUT2D eigenvalue weighted by Gasteiger charge is -2.24. The molecule has 0 fully saturated rings. The van der Waals surface area contributed by atoms with Crippen molar-refractivity contribution in [3.8, 4) is 0 Å². The molecule has 0 saturated heterocycles. The summed E-state index contributed by atoms with van der Waals surface area (Å²) in [6, 6.07) is 10.9. The zero-order valence-corrected chi connectivity index (χ0v) is 18.1. The van der Waals surface area contributed by atoms with E-state index in [-0.39, 0.29) is 11.4 Å². The van der Waals surface area contributed by atoms with E-state index < -0.39 is 0 Å². The molecular formula is C24H23FN4OS. The molecule has 31 heavy (non-hydrogen) atoms. The number of aryl methyl sites for hydroxylation is 2. The number of aromatic nitrogens is 3. The minimum atomic E-state index is -0.203. The second kappa shape index (κ2) is 8.32. The maximum atomic E-state index is 13.6. The van der Waals surface area contributed by atoms with Crippen molar-refractivity contribution in [1.29, 1.82) is 0 Å². The molecule has 0 bridgehead atoms. The summed E-state index contributed by atoms with van der Waals surface area (Å²) in [5, 5.41) is 4.34. The zero-order chi connectivity index (χ0) is 21.4. The van der Waals surface area contributed by atoms with Crippen LogP contribution >= 0.6 is 11.3 Å². The van der Waals surface area contributed by atoms with Crippen LogP contribution in [0.1, 0.15) is 33.7 Å². The average Bonchev–Trinajstić information content (AvgIpc) is 3.15. The molecule has 1 aliphatic carbocycles. The van der Waals surface area contributed by atoms with Crippen LogP contribution in [0.3, 0.4) is 0 Å². The van der Waals surface area contributed by atoms with Gasteiger partial charge >= 0.3 is 0 Å². The van der Waals surface area contributed by atoms with Gasteiger partial charge in [0.1, 0.15) is 10.6 Å². The van der Waals surface area contributed by atoms with Gasteiger partial charge in [-0.2, -0.15) is 0 Å². The summed E-state index contributed by atoms with van der Waals surface area (Å²) in [6.45, 7) is 3.07. The molecule has 0 radical (unpaired) electrons. The van der Waals surface area contributed by atoms with E-state index in [0.717, 1.165) is 51.9 Å². The van der Waals surface area contributed by atoms with Gasteiger partial charge in [-0.1, -0.05) is 12.1 Å². The van der Waals surface area contributed by atoms with E-state index in [4.69, 9.17) is 0 Å². The summed E-state index contributed by atoms with van der Waals surface area (Å²) in [5.74, 6) is -0.203. The predicted octanol–water partition coefficient (Wildman–Crippen LogP) is 4.00. The molecule has 1 N–H and O–H groups in total. The van der Waals surface area contributed by atoms with Crippen molar-refractivity contribution in [3.05, 3.63) is 92.4 Å². The number of nitrogens with one attached hydrogen (secondary N) is 1. The Balaban J connectivity index is 1.36. The molecule has 1 atom stereocenters. The van der Waals surface area contributed by atoms with E-state index in [0.29, 0.717) is 19.1 Å². The molecule has 1 unspecified atom stereocenters. The van der Waals surface area contributed by atoms with Gasteiger partial charge in [0, 0.05) is 23.7 Å². The van der Waals surface area contributed by atoms with E-state index in [1.807, 2.05) is 31.2 Å². The Hall–Kier alpha value is -2.90. The average molecular weight is 435 g/mol. The topological polar surface area (TPSA) is 59.8 Å². The molecule has 0 aliphatic heterocycles. The van der Waals surface area contributed by atoms with Crippen LogP contribution in [0.2, 0.25) is 0 Å². The Morgan fingerprint density at radius 1 is 1.26 bits per heavy atom. The van der Waals surface area contributed by atoms with Crippen LogP contribution in [0.15, 0.2) is 53.7 Å². The van der Waals surface area contributed by atoms with Crippen LogP contribution in [0.25, 0.3) is 10.2 Å². The number of fused-ring (bicyclic) bond motifs is 3. The highest BCUT2D eigenvalue weighted by atomic mass is 32.1. The van der Waals surface area contributed by atoms with Gasteiger partial charge in [0.15, 0.2) is 0 Å². The molecule has 3 aromatic heterocycles. The van der Waals surface area contributed by atoms with Crippen molar-refractivity contribution in [3.63, 3.8) is 0 Å². The fraction of sp³-hybridized carbons (Fsp3) is 0.292. The largest absolute Gasteiger partial charge is 0.310 e. The highest BCUT2D eigenvalue weighted by Crippen LogP contribution is 2.33. The summed E-state index contributed by atoms with van der Waals surface area (Å²) in [6.07, 6.45) is 6.02. The molecule has 7 heteroatoms. The van der Waals surface area contributed by atoms with Crippen LogP contribution in [-0.2, 0) is 25.9 Å². The Bertz CT molecular complexity index is 1300. The van der Waals surface area contributed by atoms with Gasteiger partial charge in [-0.05, 0) is 67.1 Å². The number of hydrogen-bond acceptors (Lipinski definition) is 5. The van der Waals surface area contributed by atoms with E-state index in [1.165, 1.54) is 10.9 Å². The predicted molar refractivity (Wildman–Crippen MR) is 121 cm³/mol. The third-order valence-corrected chi connectivity index (χ3v) is 7.15. The molecule has 158 valence electrons. The first-order valence-electron chi connectivity index (χ1n) is 10.5. The second-order valence-electron chi connectivity index (χ2n) is 8.07. The van der Waals surface area contributed by atoms with Crippen molar-refractivity contribution in [2.75, 3.05) is 0 Å². The van der Waals surface area contributed by atoms with Crippen molar-refractivity contribution in [2.45, 2.75) is 45.3 Å². The van der Waals surface area contributed by atoms with Crippen molar-refractivity contribution in [1.82, 2.24) is 19.9 Å². The quantitative estimate of drug-likeness (QED) is 0.516. The molecule has 0 saturated carbocycles. The maximum absolute atomic E-state index is 13.6. The van der Waals surface area contributed by atoms with Gasteiger partial charge in [0.25, 0.3) is 5.56 Å². The smallest absolute Gasteiger partial charge is 0.262 e. The Morgan fingerprint density at radius 3 is 3.00 bits per heavy atom. The fourth-order valence-electron chi connectivity index (χ4n) is 4.24. The number of hydrogen-bond donors (Lipinski definition) is 1. The van der Waals surface area contributed by atoms with Crippen LogP contribution in [0, 0.1) is 12.7 Å². The number of rotatable bonds is 5. The normalized spacial score (nSPS) is 15.9. The first-order valence-corrected chi connectivity index (χ1v) is 11.3. The number of nitrogens with zero attached hydrogens (tertiary/aromatic N) is 3. The summed E-state index contributed by atoms with van der Waals surface area (Å²) >= 11 is 1.62. The van der Waals surface area contributed by atoms with Gasteiger partial charge in [-0.3, -0.25) is 14.3 Å². The second-order valence-corrected chi connectivity index (χ2v) is 9.16. The minimum absolute atomic E-state index is 0.00921. The van der Waals surface area contributed by atoms with Crippen LogP contribution in [0.4, 0.5) is 4.39 Å². The van der Waals surface area contributed by atoms with E-state index in [2.05, 4.69) is 15.3 Å².